The summed E-state index contributed by atoms with van der Waals surface area (Å²) in [6.07, 6.45) is 11.0. The number of carbonyl (C=O) groups is 1. The Morgan fingerprint density at radius 1 is 1.44 bits per heavy atom. The quantitative estimate of drug-likeness (QED) is 0.402. The Bertz CT molecular complexity index is 133. The molecular formula is C8H10O. The Kier molecular flexibility index (Phi) is 2.25. The summed E-state index contributed by atoms with van der Waals surface area (Å²) in [5.74, 6) is 0.372. The third-order valence-corrected chi connectivity index (χ3v) is 1.41. The van der Waals surface area contributed by atoms with Crippen LogP contribution in [0.2, 0.25) is 0 Å². The average molecular weight is 122 g/mol. The summed E-state index contributed by atoms with van der Waals surface area (Å²) in [4.78, 5) is 10.0. The lowest BCUT2D eigenvalue weighted by atomic mass is 10.0. The number of aldehydes is 1. The van der Waals surface area contributed by atoms with Crippen LogP contribution in [0.4, 0.5) is 0 Å². The molecule has 0 atom stereocenters. The molecule has 0 unspecified atom stereocenters. The van der Waals surface area contributed by atoms with E-state index in [0.717, 1.165) is 12.7 Å². The standard InChI is InChI=1S/C8H10O/c9-7-6-8-4-2-1-3-5-8/h2-5,7-8H,1,6H2. The Morgan fingerprint density at radius 3 is 2.67 bits per heavy atom. The highest BCUT2D eigenvalue weighted by Gasteiger charge is 1.99. The van der Waals surface area contributed by atoms with Crippen molar-refractivity contribution < 1.29 is 4.79 Å². The zero-order chi connectivity index (χ0) is 6.53. The van der Waals surface area contributed by atoms with Gasteiger partial charge < -0.3 is 4.79 Å². The van der Waals surface area contributed by atoms with Gasteiger partial charge in [-0.2, -0.15) is 0 Å². The molecule has 0 spiro atoms. The van der Waals surface area contributed by atoms with Crippen LogP contribution in [-0.4, -0.2) is 6.29 Å². The summed E-state index contributed by atoms with van der Waals surface area (Å²) in [6.45, 7) is 0. The Hall–Kier alpha value is -0.850. The zero-order valence-electron chi connectivity index (χ0n) is 5.29. The van der Waals surface area contributed by atoms with Gasteiger partial charge in [0.05, 0.1) is 0 Å². The van der Waals surface area contributed by atoms with Crippen molar-refractivity contribution >= 4 is 6.29 Å². The van der Waals surface area contributed by atoms with E-state index in [0.29, 0.717) is 12.3 Å². The predicted molar refractivity (Wildman–Crippen MR) is 37.1 cm³/mol. The van der Waals surface area contributed by atoms with E-state index >= 15 is 0 Å². The topological polar surface area (TPSA) is 17.1 Å². The fraction of sp³-hybridized carbons (Fsp3) is 0.375. The maximum absolute atomic E-state index is 10.0. The molecule has 0 fully saturated rings. The van der Waals surface area contributed by atoms with Crippen LogP contribution in [0.15, 0.2) is 24.3 Å². The van der Waals surface area contributed by atoms with Crippen molar-refractivity contribution in [1.29, 1.82) is 0 Å². The minimum Gasteiger partial charge on any atom is -0.303 e. The van der Waals surface area contributed by atoms with Crippen LogP contribution in [0.5, 0.6) is 0 Å². The highest BCUT2D eigenvalue weighted by Crippen LogP contribution is 2.10. The summed E-state index contributed by atoms with van der Waals surface area (Å²) in [7, 11) is 0. The first kappa shape index (κ1) is 6.27. The zero-order valence-corrected chi connectivity index (χ0v) is 5.29. The molecular weight excluding hydrogens is 112 g/mol. The van der Waals surface area contributed by atoms with Crippen molar-refractivity contribution in [3.8, 4) is 0 Å². The van der Waals surface area contributed by atoms with Crippen LogP contribution in [0.25, 0.3) is 0 Å². The number of hydrogen-bond acceptors (Lipinski definition) is 1. The second-order valence-corrected chi connectivity index (χ2v) is 2.16. The molecule has 0 radical (unpaired) electrons. The van der Waals surface area contributed by atoms with Gasteiger partial charge in [0.2, 0.25) is 0 Å². The first-order valence-corrected chi connectivity index (χ1v) is 3.20. The fourth-order valence-corrected chi connectivity index (χ4v) is 0.918. The van der Waals surface area contributed by atoms with E-state index in [1.165, 1.54) is 0 Å². The van der Waals surface area contributed by atoms with Gasteiger partial charge in [-0.15, -0.1) is 0 Å². The molecule has 0 aliphatic heterocycles. The fourth-order valence-electron chi connectivity index (χ4n) is 0.918. The van der Waals surface area contributed by atoms with Gasteiger partial charge in [0.25, 0.3) is 0 Å². The van der Waals surface area contributed by atoms with Crippen molar-refractivity contribution in [3.05, 3.63) is 24.3 Å². The van der Waals surface area contributed by atoms with E-state index in [9.17, 15) is 4.79 Å². The van der Waals surface area contributed by atoms with Gasteiger partial charge in [-0.3, -0.25) is 0 Å². The molecule has 0 bridgehead atoms. The van der Waals surface area contributed by atoms with Crippen LogP contribution >= 0.6 is 0 Å². The molecule has 0 heterocycles. The lowest BCUT2D eigenvalue weighted by Crippen LogP contribution is -1.94. The molecule has 48 valence electrons. The van der Waals surface area contributed by atoms with Gasteiger partial charge in [0.1, 0.15) is 6.29 Å². The van der Waals surface area contributed by atoms with Gasteiger partial charge in [-0.25, -0.2) is 0 Å². The average Bonchev–Trinajstić information content (AvgIpc) is 1.91. The van der Waals surface area contributed by atoms with E-state index in [1.807, 2.05) is 0 Å². The number of allylic oxidation sites excluding steroid dienone is 4. The normalized spacial score (nSPS) is 18.2. The molecule has 0 saturated heterocycles. The summed E-state index contributed by atoms with van der Waals surface area (Å²) < 4.78 is 0. The third-order valence-electron chi connectivity index (χ3n) is 1.41. The Balaban J connectivity index is 2.39. The predicted octanol–water partition coefficient (Wildman–Crippen LogP) is 1.71. The second-order valence-electron chi connectivity index (χ2n) is 2.16. The molecule has 0 aromatic heterocycles. The van der Waals surface area contributed by atoms with Gasteiger partial charge in [-0.05, 0) is 6.42 Å². The lowest BCUT2D eigenvalue weighted by Gasteiger charge is -2.04. The van der Waals surface area contributed by atoms with Gasteiger partial charge in [0, 0.05) is 12.3 Å². The number of carbonyl (C=O) groups excluding carboxylic acids is 1. The lowest BCUT2D eigenvalue weighted by molar-refractivity contribution is -0.108. The summed E-state index contributed by atoms with van der Waals surface area (Å²) >= 11 is 0. The molecule has 0 aromatic rings. The molecule has 0 saturated carbocycles. The maximum atomic E-state index is 10.0. The first-order chi connectivity index (χ1) is 4.43. The molecule has 1 aliphatic rings. The monoisotopic (exact) mass is 122 g/mol. The van der Waals surface area contributed by atoms with Gasteiger partial charge in [-0.1, -0.05) is 24.3 Å². The van der Waals surface area contributed by atoms with Crippen molar-refractivity contribution in [2.45, 2.75) is 12.8 Å². The minimum atomic E-state index is 0.372. The van der Waals surface area contributed by atoms with E-state index in [-0.39, 0.29) is 0 Å². The van der Waals surface area contributed by atoms with Crippen molar-refractivity contribution in [1.82, 2.24) is 0 Å². The Morgan fingerprint density at radius 2 is 2.11 bits per heavy atom. The molecule has 1 rings (SSSR count). The minimum absolute atomic E-state index is 0.372. The van der Waals surface area contributed by atoms with Crippen LogP contribution in [0.1, 0.15) is 12.8 Å². The van der Waals surface area contributed by atoms with Gasteiger partial charge >= 0.3 is 0 Å². The van der Waals surface area contributed by atoms with Crippen molar-refractivity contribution in [3.63, 3.8) is 0 Å². The second kappa shape index (κ2) is 3.23. The third kappa shape index (κ3) is 1.84. The van der Waals surface area contributed by atoms with Crippen LogP contribution in [0.3, 0.4) is 0 Å². The van der Waals surface area contributed by atoms with E-state index < -0.39 is 0 Å². The largest absolute Gasteiger partial charge is 0.303 e. The molecule has 0 N–H and O–H groups in total. The summed E-state index contributed by atoms with van der Waals surface area (Å²) in [5, 5.41) is 0. The molecule has 9 heavy (non-hydrogen) atoms. The number of hydrogen-bond donors (Lipinski definition) is 0. The molecule has 1 aliphatic carbocycles. The molecule has 1 heteroatoms. The highest BCUT2D eigenvalue weighted by atomic mass is 16.1. The summed E-state index contributed by atoms with van der Waals surface area (Å²) in [5.41, 5.74) is 0. The molecule has 0 aromatic carbocycles. The first-order valence-electron chi connectivity index (χ1n) is 3.20. The van der Waals surface area contributed by atoms with E-state index in [4.69, 9.17) is 0 Å². The highest BCUT2D eigenvalue weighted by molar-refractivity contribution is 5.51. The van der Waals surface area contributed by atoms with Crippen molar-refractivity contribution in [2.24, 2.45) is 5.92 Å². The SMILES string of the molecule is O=CCC1C=CCC=C1. The van der Waals surface area contributed by atoms with Crippen LogP contribution in [0, 0.1) is 5.92 Å². The summed E-state index contributed by atoms with van der Waals surface area (Å²) in [6, 6.07) is 0. The van der Waals surface area contributed by atoms with Crippen LogP contribution < -0.4 is 0 Å². The Labute approximate surface area is 55.1 Å². The smallest absolute Gasteiger partial charge is 0.120 e. The van der Waals surface area contributed by atoms with E-state index in [2.05, 4.69) is 24.3 Å². The van der Waals surface area contributed by atoms with Crippen LogP contribution in [-0.2, 0) is 4.79 Å². The number of rotatable bonds is 2. The van der Waals surface area contributed by atoms with E-state index in [1.54, 1.807) is 0 Å². The van der Waals surface area contributed by atoms with Gasteiger partial charge in [0.15, 0.2) is 0 Å². The molecule has 0 amide bonds. The molecule has 1 nitrogen and oxygen atoms in total. The van der Waals surface area contributed by atoms with Crippen molar-refractivity contribution in [2.75, 3.05) is 0 Å². The maximum Gasteiger partial charge on any atom is 0.120 e.